The van der Waals surface area contributed by atoms with Crippen molar-refractivity contribution in [3.8, 4) is 0 Å². The lowest BCUT2D eigenvalue weighted by Gasteiger charge is -2.00. The highest BCUT2D eigenvalue weighted by atomic mass is 32.1. The minimum absolute atomic E-state index is 0.345. The molecule has 0 radical (unpaired) electrons. The molecule has 7 heteroatoms. The van der Waals surface area contributed by atoms with E-state index in [1.807, 2.05) is 20.2 Å². The number of aromatic nitrogens is 3. The molecule has 0 fully saturated rings. The topological polar surface area (TPSA) is 69.0 Å². The monoisotopic (exact) mass is 280 g/mol. The van der Waals surface area contributed by atoms with E-state index in [-0.39, 0.29) is 5.97 Å². The minimum Gasteiger partial charge on any atom is -0.461 e. The molecule has 2 aromatic rings. The van der Waals surface area contributed by atoms with E-state index in [4.69, 9.17) is 4.74 Å². The Morgan fingerprint density at radius 2 is 2.37 bits per heavy atom. The number of nitrogens with one attached hydrogen (secondary N) is 1. The number of thiazole rings is 1. The van der Waals surface area contributed by atoms with E-state index < -0.39 is 0 Å². The largest absolute Gasteiger partial charge is 0.461 e. The minimum atomic E-state index is -0.385. The highest BCUT2D eigenvalue weighted by Gasteiger charge is 2.11. The third-order valence-electron chi connectivity index (χ3n) is 2.53. The second-order valence-corrected chi connectivity index (χ2v) is 4.88. The molecule has 0 aromatic carbocycles. The predicted octanol–water partition coefficient (Wildman–Crippen LogP) is 1.97. The van der Waals surface area contributed by atoms with Crippen LogP contribution in [-0.2, 0) is 18.3 Å². The summed E-state index contributed by atoms with van der Waals surface area (Å²) in [5, 5.41) is 9.84. The summed E-state index contributed by atoms with van der Waals surface area (Å²) in [6, 6.07) is 0. The van der Waals surface area contributed by atoms with Crippen LogP contribution in [-0.4, -0.2) is 27.3 Å². The van der Waals surface area contributed by atoms with Crippen molar-refractivity contribution in [1.29, 1.82) is 0 Å². The molecule has 0 amide bonds. The van der Waals surface area contributed by atoms with E-state index in [1.54, 1.807) is 17.0 Å². The van der Waals surface area contributed by atoms with Crippen LogP contribution in [0.25, 0.3) is 0 Å². The van der Waals surface area contributed by atoms with E-state index in [0.29, 0.717) is 24.0 Å². The Bertz CT molecular complexity index is 576. The van der Waals surface area contributed by atoms with Crippen LogP contribution in [0.1, 0.15) is 28.7 Å². The second-order valence-electron chi connectivity index (χ2n) is 4.03. The van der Waals surface area contributed by atoms with Crippen molar-refractivity contribution >= 4 is 22.4 Å². The fourth-order valence-corrected chi connectivity index (χ4v) is 2.33. The number of hydrogen-bond acceptors (Lipinski definition) is 6. The molecule has 0 aliphatic carbocycles. The summed E-state index contributed by atoms with van der Waals surface area (Å²) in [7, 11) is 1.89. The van der Waals surface area contributed by atoms with Crippen LogP contribution in [0.15, 0.2) is 11.6 Å². The third kappa shape index (κ3) is 3.31. The summed E-state index contributed by atoms with van der Waals surface area (Å²) in [6.07, 6.45) is 1.96. The first-order valence-electron chi connectivity index (χ1n) is 5.95. The van der Waals surface area contributed by atoms with Gasteiger partial charge in [-0.25, -0.2) is 9.78 Å². The van der Waals surface area contributed by atoms with Gasteiger partial charge in [-0.1, -0.05) is 0 Å². The van der Waals surface area contributed by atoms with E-state index in [1.165, 1.54) is 11.3 Å². The number of nitrogens with zero attached hydrogens (tertiary/aromatic N) is 3. The average molecular weight is 280 g/mol. The molecule has 1 N–H and O–H groups in total. The molecule has 0 atom stereocenters. The van der Waals surface area contributed by atoms with Gasteiger partial charge in [-0.3, -0.25) is 4.68 Å². The molecule has 0 aliphatic rings. The highest BCUT2D eigenvalue weighted by Crippen LogP contribution is 2.17. The first-order valence-corrected chi connectivity index (χ1v) is 6.83. The van der Waals surface area contributed by atoms with Crippen LogP contribution in [0.2, 0.25) is 0 Å². The standard InChI is InChI=1S/C12H16N4O2S/c1-4-18-11(17)10-7-19-12(14-10)13-5-9-6-16(3)15-8(9)2/h6-7H,4-5H2,1-3H3,(H,13,14). The molecule has 2 rings (SSSR count). The summed E-state index contributed by atoms with van der Waals surface area (Å²) < 4.78 is 6.67. The van der Waals surface area contributed by atoms with Gasteiger partial charge in [-0.15, -0.1) is 11.3 Å². The Balaban J connectivity index is 1.97. The van der Waals surface area contributed by atoms with Crippen LogP contribution in [0.4, 0.5) is 5.13 Å². The first-order chi connectivity index (χ1) is 9.10. The number of rotatable bonds is 5. The van der Waals surface area contributed by atoms with Gasteiger partial charge in [0.25, 0.3) is 0 Å². The Morgan fingerprint density at radius 1 is 1.58 bits per heavy atom. The Kier molecular flexibility index (Phi) is 4.16. The average Bonchev–Trinajstić information content (AvgIpc) is 2.94. The van der Waals surface area contributed by atoms with Gasteiger partial charge in [0.1, 0.15) is 0 Å². The van der Waals surface area contributed by atoms with Crippen LogP contribution in [0.3, 0.4) is 0 Å². The molecule has 102 valence electrons. The van der Waals surface area contributed by atoms with E-state index in [9.17, 15) is 4.79 Å². The molecule has 0 unspecified atom stereocenters. The van der Waals surface area contributed by atoms with Crippen LogP contribution in [0.5, 0.6) is 0 Å². The zero-order valence-corrected chi connectivity index (χ0v) is 12.0. The zero-order valence-electron chi connectivity index (χ0n) is 11.1. The van der Waals surface area contributed by atoms with Crippen molar-refractivity contribution in [2.24, 2.45) is 7.05 Å². The lowest BCUT2D eigenvalue weighted by molar-refractivity contribution is 0.0520. The van der Waals surface area contributed by atoms with Crippen molar-refractivity contribution in [2.75, 3.05) is 11.9 Å². The van der Waals surface area contributed by atoms with Crippen molar-refractivity contribution in [3.63, 3.8) is 0 Å². The summed E-state index contributed by atoms with van der Waals surface area (Å²) in [6.45, 7) is 4.72. The molecule has 2 heterocycles. The molecule has 6 nitrogen and oxygen atoms in total. The first kappa shape index (κ1) is 13.5. The van der Waals surface area contributed by atoms with Gasteiger partial charge in [-0.05, 0) is 13.8 Å². The third-order valence-corrected chi connectivity index (χ3v) is 3.33. The smallest absolute Gasteiger partial charge is 0.357 e. The van der Waals surface area contributed by atoms with Gasteiger partial charge in [0.2, 0.25) is 0 Å². The molecule has 0 aliphatic heterocycles. The maximum Gasteiger partial charge on any atom is 0.357 e. The number of carbonyl (C=O) groups excluding carboxylic acids is 1. The van der Waals surface area contributed by atoms with E-state index >= 15 is 0 Å². The summed E-state index contributed by atoms with van der Waals surface area (Å²) in [4.78, 5) is 15.7. The Hall–Kier alpha value is -1.89. The Morgan fingerprint density at radius 3 is 3.00 bits per heavy atom. The van der Waals surface area contributed by atoms with E-state index in [0.717, 1.165) is 11.3 Å². The van der Waals surface area contributed by atoms with Gasteiger partial charge < -0.3 is 10.1 Å². The molecule has 2 aromatic heterocycles. The van der Waals surface area contributed by atoms with Gasteiger partial charge in [0, 0.05) is 30.7 Å². The summed E-state index contributed by atoms with van der Waals surface area (Å²) >= 11 is 1.39. The maximum atomic E-state index is 11.5. The number of esters is 1. The molecule has 0 spiro atoms. The number of hydrogen-bond donors (Lipinski definition) is 1. The van der Waals surface area contributed by atoms with Gasteiger partial charge in [-0.2, -0.15) is 5.10 Å². The van der Waals surface area contributed by atoms with Gasteiger partial charge in [0.15, 0.2) is 10.8 Å². The maximum absolute atomic E-state index is 11.5. The molecule has 0 saturated heterocycles. The van der Waals surface area contributed by atoms with Crippen molar-refractivity contribution < 1.29 is 9.53 Å². The Labute approximate surface area is 115 Å². The molecular formula is C12H16N4O2S. The zero-order chi connectivity index (χ0) is 13.8. The summed E-state index contributed by atoms with van der Waals surface area (Å²) in [5.74, 6) is -0.385. The fraction of sp³-hybridized carbons (Fsp3) is 0.417. The molecule has 0 saturated carbocycles. The lowest BCUT2D eigenvalue weighted by atomic mass is 10.3. The van der Waals surface area contributed by atoms with Gasteiger partial charge in [0.05, 0.1) is 12.3 Å². The summed E-state index contributed by atoms with van der Waals surface area (Å²) in [5.41, 5.74) is 2.44. The number of ether oxygens (including phenoxy) is 1. The van der Waals surface area contributed by atoms with Gasteiger partial charge >= 0.3 is 5.97 Å². The van der Waals surface area contributed by atoms with Crippen LogP contribution >= 0.6 is 11.3 Å². The predicted molar refractivity (Wildman–Crippen MR) is 73.3 cm³/mol. The quantitative estimate of drug-likeness (QED) is 0.848. The second kappa shape index (κ2) is 5.83. The van der Waals surface area contributed by atoms with Crippen LogP contribution in [0, 0.1) is 6.92 Å². The van der Waals surface area contributed by atoms with Crippen LogP contribution < -0.4 is 5.32 Å². The number of aryl methyl sites for hydroxylation is 2. The SMILES string of the molecule is CCOC(=O)c1csc(NCc2cn(C)nc2C)n1. The fourth-order valence-electron chi connectivity index (χ4n) is 1.65. The highest BCUT2D eigenvalue weighted by molar-refractivity contribution is 7.13. The molecule has 0 bridgehead atoms. The number of carbonyl (C=O) groups is 1. The van der Waals surface area contributed by atoms with E-state index in [2.05, 4.69) is 15.4 Å². The lowest BCUT2D eigenvalue weighted by Crippen LogP contribution is -2.05. The molecular weight excluding hydrogens is 264 g/mol. The molecule has 19 heavy (non-hydrogen) atoms. The van der Waals surface area contributed by atoms with Crippen molar-refractivity contribution in [2.45, 2.75) is 20.4 Å². The number of anilines is 1. The normalized spacial score (nSPS) is 10.5. The van der Waals surface area contributed by atoms with Crippen molar-refractivity contribution in [3.05, 3.63) is 28.5 Å². The van der Waals surface area contributed by atoms with Crippen molar-refractivity contribution in [1.82, 2.24) is 14.8 Å².